The maximum atomic E-state index is 8.99. The highest BCUT2D eigenvalue weighted by Crippen LogP contribution is 2.48. The maximum absolute atomic E-state index is 8.99. The van der Waals surface area contributed by atoms with E-state index in [9.17, 15) is 0 Å². The van der Waals surface area contributed by atoms with Crippen molar-refractivity contribution in [3.05, 3.63) is 10.8 Å². The van der Waals surface area contributed by atoms with Crippen molar-refractivity contribution in [2.45, 2.75) is 19.3 Å². The zero-order valence-corrected chi connectivity index (χ0v) is 11.0. The molecule has 1 aliphatic carbocycles. The number of anilines is 2. The Bertz CT molecular complexity index is 396. The Morgan fingerprint density at radius 2 is 2.12 bits per heavy atom. The van der Waals surface area contributed by atoms with Crippen LogP contribution in [0.4, 0.5) is 11.6 Å². The SMILES string of the molecule is NNc1ncnc(NCC2(CCO)CC2)c1Br. The van der Waals surface area contributed by atoms with E-state index in [1.807, 2.05) is 0 Å². The normalized spacial score (nSPS) is 16.6. The Kier molecular flexibility index (Phi) is 3.80. The van der Waals surface area contributed by atoms with Gasteiger partial charge in [0.25, 0.3) is 0 Å². The lowest BCUT2D eigenvalue weighted by Gasteiger charge is -2.16. The zero-order valence-electron chi connectivity index (χ0n) is 9.41. The molecule has 0 aliphatic heterocycles. The number of aromatic nitrogens is 2. The summed E-state index contributed by atoms with van der Waals surface area (Å²) in [4.78, 5) is 8.13. The summed E-state index contributed by atoms with van der Waals surface area (Å²) in [7, 11) is 0. The van der Waals surface area contributed by atoms with Gasteiger partial charge in [-0.1, -0.05) is 0 Å². The van der Waals surface area contributed by atoms with Gasteiger partial charge >= 0.3 is 0 Å². The quantitative estimate of drug-likeness (QED) is 0.464. The summed E-state index contributed by atoms with van der Waals surface area (Å²) in [6, 6.07) is 0. The van der Waals surface area contributed by atoms with Gasteiger partial charge < -0.3 is 15.8 Å². The van der Waals surface area contributed by atoms with Crippen LogP contribution in [0.25, 0.3) is 0 Å². The molecule has 0 atom stereocenters. The molecule has 1 saturated carbocycles. The first-order valence-corrected chi connectivity index (χ1v) is 6.32. The summed E-state index contributed by atoms with van der Waals surface area (Å²) in [5, 5.41) is 12.3. The van der Waals surface area contributed by atoms with Crippen molar-refractivity contribution < 1.29 is 5.11 Å². The fourth-order valence-electron chi connectivity index (χ4n) is 1.79. The van der Waals surface area contributed by atoms with Crippen molar-refractivity contribution in [1.82, 2.24) is 9.97 Å². The molecule has 1 heterocycles. The molecule has 0 bridgehead atoms. The molecule has 1 aromatic rings. The van der Waals surface area contributed by atoms with Crippen molar-refractivity contribution in [3.8, 4) is 0 Å². The van der Waals surface area contributed by atoms with Crippen LogP contribution in [0.1, 0.15) is 19.3 Å². The Labute approximate surface area is 108 Å². The molecule has 2 rings (SSSR count). The standard InChI is InChI=1S/C10H16BrN5O/c11-7-8(14-6-15-9(7)16-12)13-5-10(1-2-10)3-4-17/h6,17H,1-5,12H2,(H2,13,14,15,16). The number of hydrazine groups is 1. The maximum Gasteiger partial charge on any atom is 0.159 e. The molecule has 1 fully saturated rings. The molecular formula is C10H16BrN5O. The highest BCUT2D eigenvalue weighted by atomic mass is 79.9. The van der Waals surface area contributed by atoms with E-state index in [1.54, 1.807) is 0 Å². The largest absolute Gasteiger partial charge is 0.396 e. The predicted octanol–water partition coefficient (Wildman–Crippen LogP) is 1.10. The van der Waals surface area contributed by atoms with Gasteiger partial charge in [-0.3, -0.25) is 0 Å². The molecular weight excluding hydrogens is 286 g/mol. The van der Waals surface area contributed by atoms with Gasteiger partial charge in [-0.2, -0.15) is 0 Å². The molecule has 5 N–H and O–H groups in total. The average molecular weight is 302 g/mol. The second-order valence-electron chi connectivity index (χ2n) is 4.36. The van der Waals surface area contributed by atoms with Crippen LogP contribution >= 0.6 is 15.9 Å². The Morgan fingerprint density at radius 3 is 2.71 bits per heavy atom. The molecule has 17 heavy (non-hydrogen) atoms. The van der Waals surface area contributed by atoms with E-state index >= 15 is 0 Å². The second kappa shape index (κ2) is 5.16. The summed E-state index contributed by atoms with van der Waals surface area (Å²) in [5.41, 5.74) is 2.74. The number of aliphatic hydroxyl groups is 1. The minimum absolute atomic E-state index is 0.238. The summed E-state index contributed by atoms with van der Waals surface area (Å²) < 4.78 is 0.724. The van der Waals surface area contributed by atoms with Crippen LogP contribution in [0, 0.1) is 5.41 Å². The van der Waals surface area contributed by atoms with Crippen molar-refractivity contribution in [2.75, 3.05) is 23.9 Å². The molecule has 1 aromatic heterocycles. The van der Waals surface area contributed by atoms with E-state index in [0.717, 1.165) is 36.1 Å². The molecule has 0 amide bonds. The van der Waals surface area contributed by atoms with E-state index in [-0.39, 0.29) is 12.0 Å². The van der Waals surface area contributed by atoms with Crippen molar-refractivity contribution in [2.24, 2.45) is 11.3 Å². The molecule has 1 aliphatic rings. The van der Waals surface area contributed by atoms with Crippen LogP contribution in [0.5, 0.6) is 0 Å². The number of rotatable bonds is 6. The number of nitrogens with one attached hydrogen (secondary N) is 2. The zero-order chi connectivity index (χ0) is 12.3. The minimum Gasteiger partial charge on any atom is -0.396 e. The third-order valence-electron chi connectivity index (χ3n) is 3.16. The highest BCUT2D eigenvalue weighted by molar-refractivity contribution is 9.10. The molecule has 0 unspecified atom stereocenters. The second-order valence-corrected chi connectivity index (χ2v) is 5.15. The van der Waals surface area contributed by atoms with Crippen LogP contribution in [0.15, 0.2) is 10.8 Å². The molecule has 0 saturated heterocycles. The fourth-order valence-corrected chi connectivity index (χ4v) is 2.25. The van der Waals surface area contributed by atoms with Gasteiger partial charge in [-0.15, -0.1) is 0 Å². The van der Waals surface area contributed by atoms with Crippen LogP contribution in [-0.4, -0.2) is 28.2 Å². The van der Waals surface area contributed by atoms with Crippen molar-refractivity contribution in [1.29, 1.82) is 0 Å². The lowest BCUT2D eigenvalue weighted by Crippen LogP contribution is -2.18. The first kappa shape index (κ1) is 12.5. The van der Waals surface area contributed by atoms with Crippen molar-refractivity contribution in [3.63, 3.8) is 0 Å². The third-order valence-corrected chi connectivity index (χ3v) is 3.91. The molecule has 94 valence electrons. The molecule has 0 radical (unpaired) electrons. The van der Waals surface area contributed by atoms with Crippen molar-refractivity contribution >= 4 is 27.6 Å². The number of halogens is 1. The summed E-state index contributed by atoms with van der Waals surface area (Å²) in [6.45, 7) is 1.05. The van der Waals surface area contributed by atoms with Gasteiger partial charge in [0.15, 0.2) is 5.82 Å². The first-order valence-electron chi connectivity index (χ1n) is 5.53. The highest BCUT2D eigenvalue weighted by Gasteiger charge is 2.41. The number of nitrogens with two attached hydrogens (primary N) is 1. The summed E-state index contributed by atoms with van der Waals surface area (Å²) in [5.74, 6) is 6.60. The number of hydrogen-bond donors (Lipinski definition) is 4. The Hall–Kier alpha value is -0.920. The Morgan fingerprint density at radius 1 is 1.41 bits per heavy atom. The number of nitrogens with zero attached hydrogens (tertiary/aromatic N) is 2. The summed E-state index contributed by atoms with van der Waals surface area (Å²) in [6.07, 6.45) is 4.61. The van der Waals surface area contributed by atoms with Gasteiger partial charge in [0.05, 0.1) is 0 Å². The lowest BCUT2D eigenvalue weighted by atomic mass is 10.0. The smallest absolute Gasteiger partial charge is 0.159 e. The number of hydrogen-bond acceptors (Lipinski definition) is 6. The third kappa shape index (κ3) is 2.85. The fraction of sp³-hybridized carbons (Fsp3) is 0.600. The molecule has 0 spiro atoms. The minimum atomic E-state index is 0.238. The van der Waals surface area contributed by atoms with E-state index in [1.165, 1.54) is 6.33 Å². The molecule has 0 aromatic carbocycles. The van der Waals surface area contributed by atoms with E-state index in [2.05, 4.69) is 36.6 Å². The Balaban J connectivity index is 1.99. The van der Waals surface area contributed by atoms with Gasteiger partial charge in [0.2, 0.25) is 0 Å². The summed E-state index contributed by atoms with van der Waals surface area (Å²) >= 11 is 3.39. The van der Waals surface area contributed by atoms with Gasteiger partial charge in [0.1, 0.15) is 16.6 Å². The van der Waals surface area contributed by atoms with Crippen LogP contribution in [-0.2, 0) is 0 Å². The number of aliphatic hydroxyl groups excluding tert-OH is 1. The average Bonchev–Trinajstić information content (AvgIpc) is 3.09. The monoisotopic (exact) mass is 301 g/mol. The van der Waals surface area contributed by atoms with E-state index < -0.39 is 0 Å². The first-order chi connectivity index (χ1) is 8.21. The number of nitrogen functional groups attached to an aromatic ring is 1. The van der Waals surface area contributed by atoms with Crippen LogP contribution in [0.2, 0.25) is 0 Å². The topological polar surface area (TPSA) is 96.1 Å². The molecule has 6 nitrogen and oxygen atoms in total. The van der Waals surface area contributed by atoms with Gasteiger partial charge in [-0.05, 0) is 40.6 Å². The predicted molar refractivity (Wildman–Crippen MR) is 69.4 cm³/mol. The van der Waals surface area contributed by atoms with E-state index in [0.29, 0.717) is 5.82 Å². The van der Waals surface area contributed by atoms with Gasteiger partial charge in [-0.25, -0.2) is 15.8 Å². The van der Waals surface area contributed by atoms with Crippen LogP contribution in [0.3, 0.4) is 0 Å². The lowest BCUT2D eigenvalue weighted by molar-refractivity contribution is 0.253. The van der Waals surface area contributed by atoms with Crippen LogP contribution < -0.4 is 16.6 Å². The van der Waals surface area contributed by atoms with Gasteiger partial charge in [0, 0.05) is 13.2 Å². The molecule has 7 heteroatoms. The van der Waals surface area contributed by atoms with E-state index in [4.69, 9.17) is 10.9 Å².